The minimum absolute atomic E-state index is 0.0118. The second-order valence-corrected chi connectivity index (χ2v) is 8.27. The fourth-order valence-electron chi connectivity index (χ4n) is 3.00. The lowest BCUT2D eigenvalue weighted by atomic mass is 10.1. The van der Waals surface area contributed by atoms with Crippen molar-refractivity contribution in [3.63, 3.8) is 0 Å². The van der Waals surface area contributed by atoms with Crippen molar-refractivity contribution >= 4 is 28.7 Å². The number of methoxy groups -OCH3 is 1. The SMILES string of the molecule is COc1ccc(NC(=O)CCC(=O)c2cc(C)sc2C)cc1OCc1cccnc1. The topological polar surface area (TPSA) is 77.5 Å². The molecule has 7 heteroatoms. The van der Waals surface area contributed by atoms with E-state index in [1.54, 1.807) is 49.0 Å². The van der Waals surface area contributed by atoms with Crippen molar-refractivity contribution in [2.45, 2.75) is 33.3 Å². The Bertz CT molecular complexity index is 1030. The van der Waals surface area contributed by atoms with Crippen LogP contribution in [0.1, 0.15) is 38.5 Å². The predicted octanol–water partition coefficient (Wildman–Crippen LogP) is 4.95. The van der Waals surface area contributed by atoms with Crippen molar-refractivity contribution in [2.75, 3.05) is 12.4 Å². The molecule has 0 aliphatic carbocycles. The number of amides is 1. The fourth-order valence-corrected chi connectivity index (χ4v) is 3.95. The van der Waals surface area contributed by atoms with Crippen LogP contribution in [0.25, 0.3) is 0 Å². The summed E-state index contributed by atoms with van der Waals surface area (Å²) in [6, 6.07) is 10.8. The van der Waals surface area contributed by atoms with E-state index in [2.05, 4.69) is 10.3 Å². The number of carbonyl (C=O) groups excluding carboxylic acids is 2. The molecule has 3 rings (SSSR count). The van der Waals surface area contributed by atoms with Crippen LogP contribution in [-0.2, 0) is 11.4 Å². The summed E-state index contributed by atoms with van der Waals surface area (Å²) in [5, 5.41) is 2.82. The van der Waals surface area contributed by atoms with Crippen LogP contribution >= 0.6 is 11.3 Å². The van der Waals surface area contributed by atoms with Crippen LogP contribution in [0.3, 0.4) is 0 Å². The zero-order valence-corrected chi connectivity index (χ0v) is 18.0. The van der Waals surface area contributed by atoms with E-state index < -0.39 is 0 Å². The van der Waals surface area contributed by atoms with Crippen LogP contribution in [-0.4, -0.2) is 23.8 Å². The van der Waals surface area contributed by atoms with E-state index in [9.17, 15) is 9.59 Å². The molecule has 2 aromatic heterocycles. The highest BCUT2D eigenvalue weighted by atomic mass is 32.1. The molecule has 0 aliphatic rings. The van der Waals surface area contributed by atoms with Gasteiger partial charge in [-0.05, 0) is 38.1 Å². The van der Waals surface area contributed by atoms with Gasteiger partial charge in [-0.3, -0.25) is 14.6 Å². The van der Waals surface area contributed by atoms with Gasteiger partial charge in [-0.25, -0.2) is 0 Å². The molecule has 0 saturated carbocycles. The third-order valence-corrected chi connectivity index (χ3v) is 5.45. The lowest BCUT2D eigenvalue weighted by Gasteiger charge is -2.13. The Labute approximate surface area is 179 Å². The Morgan fingerprint density at radius 1 is 1.10 bits per heavy atom. The molecule has 0 unspecified atom stereocenters. The summed E-state index contributed by atoms with van der Waals surface area (Å²) in [5.74, 6) is 0.841. The average Bonchev–Trinajstić information content (AvgIpc) is 3.09. The van der Waals surface area contributed by atoms with Crippen molar-refractivity contribution in [2.24, 2.45) is 0 Å². The monoisotopic (exact) mass is 424 g/mol. The van der Waals surface area contributed by atoms with Crippen molar-refractivity contribution in [1.82, 2.24) is 4.98 Å². The second-order valence-electron chi connectivity index (χ2n) is 6.81. The van der Waals surface area contributed by atoms with E-state index >= 15 is 0 Å². The fraction of sp³-hybridized carbons (Fsp3) is 0.261. The molecule has 6 nitrogen and oxygen atoms in total. The summed E-state index contributed by atoms with van der Waals surface area (Å²) in [6.45, 7) is 4.23. The maximum atomic E-state index is 12.4. The van der Waals surface area contributed by atoms with Crippen molar-refractivity contribution in [3.05, 3.63) is 69.7 Å². The van der Waals surface area contributed by atoms with Gasteiger partial charge in [0.1, 0.15) is 6.61 Å². The summed E-state index contributed by atoms with van der Waals surface area (Å²) in [4.78, 5) is 30.9. The molecule has 1 aromatic carbocycles. The largest absolute Gasteiger partial charge is 0.493 e. The highest BCUT2D eigenvalue weighted by molar-refractivity contribution is 7.12. The van der Waals surface area contributed by atoms with E-state index in [-0.39, 0.29) is 24.5 Å². The maximum Gasteiger partial charge on any atom is 0.224 e. The van der Waals surface area contributed by atoms with Crippen LogP contribution in [0.2, 0.25) is 0 Å². The first-order chi connectivity index (χ1) is 14.5. The number of ketones is 1. The molecule has 0 saturated heterocycles. The molecule has 156 valence electrons. The van der Waals surface area contributed by atoms with E-state index in [4.69, 9.17) is 9.47 Å². The first kappa shape index (κ1) is 21.5. The number of anilines is 1. The lowest BCUT2D eigenvalue weighted by Crippen LogP contribution is -2.13. The van der Waals surface area contributed by atoms with Gasteiger partial charge in [0.15, 0.2) is 17.3 Å². The van der Waals surface area contributed by atoms with Gasteiger partial charge in [0.2, 0.25) is 5.91 Å². The molecule has 0 aliphatic heterocycles. The van der Waals surface area contributed by atoms with Crippen LogP contribution in [0.4, 0.5) is 5.69 Å². The molecule has 0 bridgehead atoms. The lowest BCUT2D eigenvalue weighted by molar-refractivity contribution is -0.116. The third-order valence-electron chi connectivity index (χ3n) is 4.49. The smallest absolute Gasteiger partial charge is 0.224 e. The zero-order valence-electron chi connectivity index (χ0n) is 17.2. The highest BCUT2D eigenvalue weighted by Crippen LogP contribution is 2.31. The van der Waals surface area contributed by atoms with Crippen molar-refractivity contribution < 1.29 is 19.1 Å². The minimum Gasteiger partial charge on any atom is -0.493 e. The Kier molecular flexibility index (Phi) is 7.19. The van der Waals surface area contributed by atoms with Crippen LogP contribution < -0.4 is 14.8 Å². The van der Waals surface area contributed by atoms with Crippen molar-refractivity contribution in [1.29, 1.82) is 0 Å². The van der Waals surface area contributed by atoms with Crippen LogP contribution in [0.5, 0.6) is 11.5 Å². The van der Waals surface area contributed by atoms with Crippen LogP contribution in [0, 0.1) is 13.8 Å². The number of Topliss-reactive ketones (excluding diaryl/α,β-unsaturated/α-hetero) is 1. The quantitative estimate of drug-likeness (QED) is 0.492. The maximum absolute atomic E-state index is 12.4. The van der Waals surface area contributed by atoms with Gasteiger partial charge in [-0.1, -0.05) is 6.07 Å². The summed E-state index contributed by atoms with van der Waals surface area (Å²) >= 11 is 1.59. The molecular weight excluding hydrogens is 400 g/mol. The Morgan fingerprint density at radius 3 is 2.60 bits per heavy atom. The van der Waals surface area contributed by atoms with Gasteiger partial charge in [-0.2, -0.15) is 0 Å². The number of hydrogen-bond donors (Lipinski definition) is 1. The number of carbonyl (C=O) groups is 2. The van der Waals surface area contributed by atoms with Gasteiger partial charge in [0.05, 0.1) is 7.11 Å². The van der Waals surface area contributed by atoms with Gasteiger partial charge in [-0.15, -0.1) is 11.3 Å². The third kappa shape index (κ3) is 5.67. The molecule has 3 aromatic rings. The first-order valence-electron chi connectivity index (χ1n) is 9.56. The summed E-state index contributed by atoms with van der Waals surface area (Å²) in [6.07, 6.45) is 3.71. The predicted molar refractivity (Wildman–Crippen MR) is 118 cm³/mol. The second kappa shape index (κ2) is 10.0. The van der Waals surface area contributed by atoms with Gasteiger partial charge in [0.25, 0.3) is 0 Å². The first-order valence-corrected chi connectivity index (χ1v) is 10.4. The van der Waals surface area contributed by atoms with E-state index in [1.807, 2.05) is 32.0 Å². The van der Waals surface area contributed by atoms with Gasteiger partial charge < -0.3 is 14.8 Å². The van der Waals surface area contributed by atoms with E-state index in [0.717, 1.165) is 15.3 Å². The molecule has 0 atom stereocenters. The number of aromatic nitrogens is 1. The summed E-state index contributed by atoms with van der Waals surface area (Å²) in [7, 11) is 1.56. The number of pyridine rings is 1. The van der Waals surface area contributed by atoms with E-state index in [0.29, 0.717) is 29.4 Å². The number of rotatable bonds is 9. The number of ether oxygens (including phenoxy) is 2. The van der Waals surface area contributed by atoms with Gasteiger partial charge in [0, 0.05) is 57.9 Å². The zero-order chi connectivity index (χ0) is 21.5. The van der Waals surface area contributed by atoms with Gasteiger partial charge >= 0.3 is 0 Å². The number of nitrogens with zero attached hydrogens (tertiary/aromatic N) is 1. The number of aryl methyl sites for hydroxylation is 2. The molecule has 2 heterocycles. The molecule has 0 spiro atoms. The Balaban J connectivity index is 1.59. The molecule has 0 radical (unpaired) electrons. The number of nitrogens with one attached hydrogen (secondary N) is 1. The summed E-state index contributed by atoms with van der Waals surface area (Å²) in [5.41, 5.74) is 2.21. The molecule has 30 heavy (non-hydrogen) atoms. The number of thiophene rings is 1. The van der Waals surface area contributed by atoms with Crippen LogP contribution in [0.15, 0.2) is 48.8 Å². The van der Waals surface area contributed by atoms with Crippen molar-refractivity contribution in [3.8, 4) is 11.5 Å². The average molecular weight is 425 g/mol. The summed E-state index contributed by atoms with van der Waals surface area (Å²) < 4.78 is 11.2. The molecule has 1 amide bonds. The minimum atomic E-state index is -0.226. The highest BCUT2D eigenvalue weighted by Gasteiger charge is 2.14. The Hall–Kier alpha value is -3.19. The standard InChI is InChI=1S/C23H24N2O4S/c1-15-11-19(16(2)30-15)20(26)7-9-23(27)25-18-6-8-21(28-3)22(12-18)29-14-17-5-4-10-24-13-17/h4-6,8,10-13H,7,9,14H2,1-3H3,(H,25,27). The normalized spacial score (nSPS) is 10.5. The molecule has 1 N–H and O–H groups in total. The van der Waals surface area contributed by atoms with E-state index in [1.165, 1.54) is 0 Å². The molecule has 0 fully saturated rings. The Morgan fingerprint density at radius 2 is 1.93 bits per heavy atom. The molecular formula is C23H24N2O4S. The number of benzene rings is 1. The number of hydrogen-bond acceptors (Lipinski definition) is 6.